The van der Waals surface area contributed by atoms with E-state index in [1.165, 1.54) is 4.90 Å². The van der Waals surface area contributed by atoms with E-state index in [0.717, 1.165) is 12.8 Å². The summed E-state index contributed by atoms with van der Waals surface area (Å²) in [6.07, 6.45) is 3.17. The molecule has 1 fully saturated rings. The molecular weight excluding hydrogens is 412 g/mol. The number of rotatable bonds is 3. The zero-order valence-electron chi connectivity index (χ0n) is 17.9. The van der Waals surface area contributed by atoms with Gasteiger partial charge >= 0.3 is 0 Å². The van der Waals surface area contributed by atoms with E-state index in [-0.39, 0.29) is 30.9 Å². The molecule has 0 radical (unpaired) electrons. The Morgan fingerprint density at radius 1 is 1.06 bits per heavy atom. The molecule has 0 saturated carbocycles. The van der Waals surface area contributed by atoms with E-state index in [1.54, 1.807) is 18.3 Å². The van der Waals surface area contributed by atoms with Crippen LogP contribution in [0.5, 0.6) is 5.75 Å². The average molecular weight is 441 g/mol. The summed E-state index contributed by atoms with van der Waals surface area (Å²) in [4.78, 5) is 32.0. The molecule has 3 heterocycles. The molecule has 1 aromatic carbocycles. The van der Waals surface area contributed by atoms with Crippen molar-refractivity contribution in [3.05, 3.63) is 48.2 Å². The summed E-state index contributed by atoms with van der Waals surface area (Å²) in [6.45, 7) is 2.53. The Labute approximate surface area is 187 Å². The second-order valence-corrected chi connectivity index (χ2v) is 7.66. The zero-order chi connectivity index (χ0) is 22.2. The molecule has 170 valence electrons. The standard InChI is InChI=1S/C23H28N4O5/c28-21(25-17-7-11-30-12-8-17)16-27-10-13-31-14-15-32-20-6-2-1-5-19(20)26-22-18(23(27)29)4-3-9-24-22/h1-6,9,17H,7-8,10-16H2,(H,24,26)(H,25,28). The van der Waals surface area contributed by atoms with Gasteiger partial charge in [-0.05, 0) is 37.1 Å². The van der Waals surface area contributed by atoms with E-state index in [1.807, 2.05) is 24.3 Å². The number of nitrogens with zero attached hydrogens (tertiary/aromatic N) is 2. The molecule has 9 heteroatoms. The molecule has 2 N–H and O–H groups in total. The maximum Gasteiger partial charge on any atom is 0.258 e. The summed E-state index contributed by atoms with van der Waals surface area (Å²) < 4.78 is 16.8. The molecule has 2 amide bonds. The van der Waals surface area contributed by atoms with Crippen molar-refractivity contribution in [1.29, 1.82) is 0 Å². The van der Waals surface area contributed by atoms with Gasteiger partial charge in [-0.3, -0.25) is 9.59 Å². The Kier molecular flexibility index (Phi) is 7.52. The third-order valence-corrected chi connectivity index (χ3v) is 5.38. The number of hydrogen-bond donors (Lipinski definition) is 2. The van der Waals surface area contributed by atoms with Crippen molar-refractivity contribution >= 4 is 23.3 Å². The lowest BCUT2D eigenvalue weighted by atomic mass is 10.1. The van der Waals surface area contributed by atoms with Gasteiger partial charge in [0.15, 0.2) is 0 Å². The number of ether oxygens (including phenoxy) is 3. The first-order valence-corrected chi connectivity index (χ1v) is 10.9. The van der Waals surface area contributed by atoms with Crippen molar-refractivity contribution in [1.82, 2.24) is 15.2 Å². The van der Waals surface area contributed by atoms with Crippen molar-refractivity contribution < 1.29 is 23.8 Å². The summed E-state index contributed by atoms with van der Waals surface area (Å²) in [7, 11) is 0. The van der Waals surface area contributed by atoms with E-state index >= 15 is 0 Å². The number of nitrogens with one attached hydrogen (secondary N) is 2. The van der Waals surface area contributed by atoms with Gasteiger partial charge in [-0.15, -0.1) is 0 Å². The first kappa shape index (κ1) is 22.0. The zero-order valence-corrected chi connectivity index (χ0v) is 17.9. The fraction of sp³-hybridized carbons (Fsp3) is 0.435. The molecule has 1 aromatic heterocycles. The van der Waals surface area contributed by atoms with E-state index in [2.05, 4.69) is 15.6 Å². The minimum absolute atomic E-state index is 0.0546. The van der Waals surface area contributed by atoms with Crippen LogP contribution in [-0.2, 0) is 14.3 Å². The second kappa shape index (κ2) is 10.9. The highest BCUT2D eigenvalue weighted by molar-refractivity contribution is 6.01. The van der Waals surface area contributed by atoms with Crippen LogP contribution in [0.3, 0.4) is 0 Å². The molecule has 2 aliphatic heterocycles. The number of fused-ring (bicyclic) bond motifs is 2. The Balaban J connectivity index is 1.55. The number of hydrogen-bond acceptors (Lipinski definition) is 7. The SMILES string of the molecule is O=C(CN1CCOCCOc2ccccc2Nc2ncccc2C1=O)NC1CCOCC1. The highest BCUT2D eigenvalue weighted by atomic mass is 16.5. The normalized spacial score (nSPS) is 18.0. The summed E-state index contributed by atoms with van der Waals surface area (Å²) in [6, 6.07) is 10.9. The number of anilines is 2. The molecule has 0 spiro atoms. The van der Waals surface area contributed by atoms with Crippen LogP contribution in [0.2, 0.25) is 0 Å². The summed E-state index contributed by atoms with van der Waals surface area (Å²) >= 11 is 0. The van der Waals surface area contributed by atoms with Crippen LogP contribution in [0, 0.1) is 0 Å². The lowest BCUT2D eigenvalue weighted by molar-refractivity contribution is -0.123. The number of para-hydroxylation sites is 2. The number of carbonyl (C=O) groups excluding carboxylic acids is 2. The molecule has 2 aromatic rings. The lowest BCUT2D eigenvalue weighted by Gasteiger charge is -2.26. The Bertz CT molecular complexity index is 932. The minimum atomic E-state index is -0.288. The first-order valence-electron chi connectivity index (χ1n) is 10.9. The van der Waals surface area contributed by atoms with Gasteiger partial charge in [0.2, 0.25) is 5.91 Å². The van der Waals surface area contributed by atoms with Crippen LogP contribution < -0.4 is 15.4 Å². The summed E-state index contributed by atoms with van der Waals surface area (Å²) in [5.41, 5.74) is 1.07. The highest BCUT2D eigenvalue weighted by Crippen LogP contribution is 2.28. The quantitative estimate of drug-likeness (QED) is 0.752. The van der Waals surface area contributed by atoms with Gasteiger partial charge in [0.1, 0.15) is 18.2 Å². The monoisotopic (exact) mass is 440 g/mol. The lowest BCUT2D eigenvalue weighted by Crippen LogP contribution is -2.46. The maximum absolute atomic E-state index is 13.4. The van der Waals surface area contributed by atoms with E-state index < -0.39 is 0 Å². The topological polar surface area (TPSA) is 102 Å². The van der Waals surface area contributed by atoms with Crippen molar-refractivity contribution in [3.8, 4) is 5.75 Å². The van der Waals surface area contributed by atoms with Crippen molar-refractivity contribution in [2.24, 2.45) is 0 Å². The van der Waals surface area contributed by atoms with Crippen molar-refractivity contribution in [2.75, 3.05) is 51.4 Å². The fourth-order valence-corrected chi connectivity index (χ4v) is 3.70. The summed E-state index contributed by atoms with van der Waals surface area (Å²) in [5.74, 6) is 0.571. The minimum Gasteiger partial charge on any atom is -0.489 e. The fourth-order valence-electron chi connectivity index (χ4n) is 3.70. The number of benzene rings is 1. The predicted molar refractivity (Wildman–Crippen MR) is 118 cm³/mol. The molecule has 0 unspecified atom stereocenters. The Morgan fingerprint density at radius 3 is 2.75 bits per heavy atom. The second-order valence-electron chi connectivity index (χ2n) is 7.66. The third-order valence-electron chi connectivity index (χ3n) is 5.38. The average Bonchev–Trinajstić information content (AvgIpc) is 2.82. The van der Waals surface area contributed by atoms with Gasteiger partial charge in [-0.1, -0.05) is 12.1 Å². The van der Waals surface area contributed by atoms with Gasteiger partial charge in [0.25, 0.3) is 5.91 Å². The first-order chi connectivity index (χ1) is 15.7. The highest BCUT2D eigenvalue weighted by Gasteiger charge is 2.24. The summed E-state index contributed by atoms with van der Waals surface area (Å²) in [5, 5.41) is 6.23. The van der Waals surface area contributed by atoms with E-state index in [9.17, 15) is 9.59 Å². The van der Waals surface area contributed by atoms with Crippen molar-refractivity contribution in [3.63, 3.8) is 0 Å². The van der Waals surface area contributed by atoms with Crippen molar-refractivity contribution in [2.45, 2.75) is 18.9 Å². The van der Waals surface area contributed by atoms with Crippen LogP contribution >= 0.6 is 0 Å². The number of amides is 2. The number of aromatic nitrogens is 1. The van der Waals surface area contributed by atoms with E-state index in [4.69, 9.17) is 14.2 Å². The Hall–Kier alpha value is -3.17. The third kappa shape index (κ3) is 5.74. The van der Waals surface area contributed by atoms with Gasteiger partial charge < -0.3 is 29.7 Å². The molecule has 0 atom stereocenters. The van der Waals surface area contributed by atoms with Gasteiger partial charge in [0.05, 0.1) is 31.0 Å². The molecule has 0 bridgehead atoms. The molecule has 32 heavy (non-hydrogen) atoms. The molecule has 1 saturated heterocycles. The van der Waals surface area contributed by atoms with E-state index in [0.29, 0.717) is 55.9 Å². The van der Waals surface area contributed by atoms with Crippen LogP contribution in [-0.4, -0.2) is 73.9 Å². The van der Waals surface area contributed by atoms with Crippen LogP contribution in [0.1, 0.15) is 23.2 Å². The molecule has 9 nitrogen and oxygen atoms in total. The van der Waals surface area contributed by atoms with Crippen LogP contribution in [0.4, 0.5) is 11.5 Å². The van der Waals surface area contributed by atoms with Crippen LogP contribution in [0.15, 0.2) is 42.6 Å². The predicted octanol–water partition coefficient (Wildman–Crippen LogP) is 1.97. The van der Waals surface area contributed by atoms with Crippen LogP contribution in [0.25, 0.3) is 0 Å². The largest absolute Gasteiger partial charge is 0.489 e. The molecule has 0 aliphatic carbocycles. The smallest absolute Gasteiger partial charge is 0.258 e. The number of carbonyl (C=O) groups is 2. The maximum atomic E-state index is 13.4. The molecule has 2 aliphatic rings. The van der Waals surface area contributed by atoms with Gasteiger partial charge in [-0.25, -0.2) is 4.98 Å². The van der Waals surface area contributed by atoms with Gasteiger partial charge in [0, 0.05) is 32.0 Å². The Morgan fingerprint density at radius 2 is 1.88 bits per heavy atom. The molecular formula is C23H28N4O5. The number of pyridine rings is 1. The van der Waals surface area contributed by atoms with Gasteiger partial charge in [-0.2, -0.15) is 0 Å². The molecule has 4 rings (SSSR count).